The molecule has 1 aliphatic heterocycles. The zero-order valence-corrected chi connectivity index (χ0v) is 11.0. The number of benzene rings is 1. The summed E-state index contributed by atoms with van der Waals surface area (Å²) >= 11 is 1.58. The number of carbonyl (C=O) groups is 1. The van der Waals surface area contributed by atoms with E-state index in [1.165, 1.54) is 0 Å². The van der Waals surface area contributed by atoms with E-state index in [-0.39, 0.29) is 11.8 Å². The molecule has 18 heavy (non-hydrogen) atoms. The van der Waals surface area contributed by atoms with Crippen molar-refractivity contribution in [2.24, 2.45) is 5.92 Å². The number of hydrogen-bond donors (Lipinski definition) is 0. The van der Waals surface area contributed by atoms with Crippen LogP contribution in [0.5, 0.6) is 0 Å². The van der Waals surface area contributed by atoms with Crippen LogP contribution in [-0.2, 0) is 4.79 Å². The van der Waals surface area contributed by atoms with Crippen molar-refractivity contribution in [2.45, 2.75) is 13.3 Å². The Labute approximate surface area is 110 Å². The van der Waals surface area contributed by atoms with Crippen molar-refractivity contribution in [1.82, 2.24) is 4.98 Å². The minimum atomic E-state index is 0.150. The topological polar surface area (TPSA) is 33.2 Å². The van der Waals surface area contributed by atoms with Crippen molar-refractivity contribution in [3.8, 4) is 0 Å². The molecular weight excluding hydrogens is 244 g/mol. The van der Waals surface area contributed by atoms with Crippen molar-refractivity contribution in [3.05, 3.63) is 36.4 Å². The molecule has 1 fully saturated rings. The van der Waals surface area contributed by atoms with Crippen LogP contribution >= 0.6 is 11.3 Å². The number of para-hydroxylation sites is 1. The van der Waals surface area contributed by atoms with Crippen LogP contribution < -0.4 is 4.90 Å². The Morgan fingerprint density at radius 1 is 1.56 bits per heavy atom. The largest absolute Gasteiger partial charge is 0.287 e. The number of rotatable bonds is 2. The fraction of sp³-hybridized carbons (Fsp3) is 0.286. The highest BCUT2D eigenvalue weighted by Gasteiger charge is 2.30. The lowest BCUT2D eigenvalue weighted by Crippen LogP contribution is -2.24. The first-order valence-corrected chi connectivity index (χ1v) is 6.80. The van der Waals surface area contributed by atoms with E-state index in [9.17, 15) is 4.79 Å². The molecule has 1 aromatic heterocycles. The second kappa shape index (κ2) is 4.21. The number of anilines is 1. The predicted octanol–water partition coefficient (Wildman–Crippen LogP) is 3.14. The van der Waals surface area contributed by atoms with Gasteiger partial charge in [-0.3, -0.25) is 9.69 Å². The van der Waals surface area contributed by atoms with E-state index in [4.69, 9.17) is 0 Å². The molecule has 92 valence electrons. The first kappa shape index (κ1) is 11.4. The normalized spacial score (nSPS) is 19.7. The minimum absolute atomic E-state index is 0.150. The highest BCUT2D eigenvalue weighted by molar-refractivity contribution is 7.22. The van der Waals surface area contributed by atoms with E-state index < -0.39 is 0 Å². The summed E-state index contributed by atoms with van der Waals surface area (Å²) in [6, 6.07) is 6.12. The predicted molar refractivity (Wildman–Crippen MR) is 75.0 cm³/mol. The van der Waals surface area contributed by atoms with Crippen LogP contribution in [0.4, 0.5) is 5.13 Å². The number of thiazole rings is 1. The third-order valence-electron chi connectivity index (χ3n) is 3.33. The fourth-order valence-corrected chi connectivity index (χ4v) is 3.34. The van der Waals surface area contributed by atoms with Gasteiger partial charge in [0.25, 0.3) is 0 Å². The van der Waals surface area contributed by atoms with Crippen LogP contribution in [0.1, 0.15) is 12.0 Å². The van der Waals surface area contributed by atoms with Crippen LogP contribution in [0.3, 0.4) is 0 Å². The van der Waals surface area contributed by atoms with E-state index in [1.54, 1.807) is 16.2 Å². The standard InChI is InChI=1S/C14H14N2OS/c1-3-10-7-12(17)16(8-10)14-15-13-9(2)5-4-6-11(13)18-14/h3-6,10H,1,7-8H2,2H3. The number of aromatic nitrogens is 1. The molecule has 0 radical (unpaired) electrons. The number of nitrogens with zero attached hydrogens (tertiary/aromatic N) is 2. The molecule has 3 nitrogen and oxygen atoms in total. The first-order chi connectivity index (χ1) is 8.69. The molecule has 1 aliphatic rings. The molecule has 4 heteroatoms. The smallest absolute Gasteiger partial charge is 0.229 e. The van der Waals surface area contributed by atoms with E-state index in [0.717, 1.165) is 20.9 Å². The summed E-state index contributed by atoms with van der Waals surface area (Å²) in [5.74, 6) is 0.405. The SMILES string of the molecule is C=CC1CC(=O)N(c2nc3c(C)cccc3s2)C1. The van der Waals surface area contributed by atoms with Crippen LogP contribution in [0.25, 0.3) is 10.2 Å². The molecule has 1 saturated heterocycles. The Balaban J connectivity index is 2.02. The van der Waals surface area contributed by atoms with Gasteiger partial charge in [0.2, 0.25) is 5.91 Å². The molecule has 1 atom stereocenters. The summed E-state index contributed by atoms with van der Waals surface area (Å²) in [7, 11) is 0. The van der Waals surface area contributed by atoms with E-state index >= 15 is 0 Å². The molecule has 1 unspecified atom stereocenters. The van der Waals surface area contributed by atoms with Gasteiger partial charge in [-0.2, -0.15) is 0 Å². The lowest BCUT2D eigenvalue weighted by atomic mass is 10.1. The Kier molecular flexibility index (Phi) is 2.67. The average Bonchev–Trinajstić information content (AvgIpc) is 2.93. The molecule has 0 saturated carbocycles. The van der Waals surface area contributed by atoms with Crippen LogP contribution in [-0.4, -0.2) is 17.4 Å². The summed E-state index contributed by atoms with van der Waals surface area (Å²) in [5.41, 5.74) is 2.16. The number of aryl methyl sites for hydroxylation is 1. The minimum Gasteiger partial charge on any atom is -0.287 e. The van der Waals surface area contributed by atoms with Crippen LogP contribution in [0.2, 0.25) is 0 Å². The Hall–Kier alpha value is -1.68. The van der Waals surface area contributed by atoms with Gasteiger partial charge in [0.05, 0.1) is 10.2 Å². The van der Waals surface area contributed by atoms with Gasteiger partial charge in [0, 0.05) is 18.9 Å². The van der Waals surface area contributed by atoms with E-state index in [0.29, 0.717) is 13.0 Å². The monoisotopic (exact) mass is 258 g/mol. The summed E-state index contributed by atoms with van der Waals surface area (Å²) in [6.45, 7) is 6.52. The van der Waals surface area contributed by atoms with Crippen LogP contribution in [0.15, 0.2) is 30.9 Å². The first-order valence-electron chi connectivity index (χ1n) is 5.98. The lowest BCUT2D eigenvalue weighted by molar-refractivity contribution is -0.117. The zero-order valence-electron chi connectivity index (χ0n) is 10.2. The average molecular weight is 258 g/mol. The lowest BCUT2D eigenvalue weighted by Gasteiger charge is -2.11. The molecule has 3 rings (SSSR count). The van der Waals surface area contributed by atoms with Gasteiger partial charge in [0.15, 0.2) is 5.13 Å². The van der Waals surface area contributed by atoms with Gasteiger partial charge in [-0.15, -0.1) is 6.58 Å². The van der Waals surface area contributed by atoms with Crippen molar-refractivity contribution < 1.29 is 4.79 Å². The Bertz CT molecular complexity index is 632. The third kappa shape index (κ3) is 1.73. The number of fused-ring (bicyclic) bond motifs is 1. The molecule has 0 aliphatic carbocycles. The third-order valence-corrected chi connectivity index (χ3v) is 4.37. The second-order valence-corrected chi connectivity index (χ2v) is 5.63. The number of amides is 1. The molecule has 0 N–H and O–H groups in total. The fourth-order valence-electron chi connectivity index (χ4n) is 2.27. The zero-order chi connectivity index (χ0) is 12.7. The maximum absolute atomic E-state index is 12.0. The van der Waals surface area contributed by atoms with Gasteiger partial charge in [0.1, 0.15) is 0 Å². The van der Waals surface area contributed by atoms with Crippen molar-refractivity contribution in [1.29, 1.82) is 0 Å². The summed E-state index contributed by atoms with van der Waals surface area (Å²) < 4.78 is 1.14. The van der Waals surface area contributed by atoms with Gasteiger partial charge in [-0.05, 0) is 18.6 Å². The summed E-state index contributed by atoms with van der Waals surface area (Å²) in [4.78, 5) is 18.3. The van der Waals surface area contributed by atoms with Gasteiger partial charge in [-0.25, -0.2) is 4.98 Å². The van der Waals surface area contributed by atoms with Gasteiger partial charge < -0.3 is 0 Å². The van der Waals surface area contributed by atoms with E-state index in [1.807, 2.05) is 25.1 Å². The van der Waals surface area contributed by atoms with Crippen molar-refractivity contribution in [3.63, 3.8) is 0 Å². The maximum Gasteiger partial charge on any atom is 0.229 e. The molecular formula is C14H14N2OS. The molecule has 2 heterocycles. The van der Waals surface area contributed by atoms with Crippen molar-refractivity contribution in [2.75, 3.05) is 11.4 Å². The Morgan fingerprint density at radius 3 is 3.06 bits per heavy atom. The number of hydrogen-bond acceptors (Lipinski definition) is 3. The summed E-state index contributed by atoms with van der Waals surface area (Å²) in [6.07, 6.45) is 2.41. The molecule has 1 aromatic carbocycles. The van der Waals surface area contributed by atoms with Gasteiger partial charge >= 0.3 is 0 Å². The molecule has 0 bridgehead atoms. The van der Waals surface area contributed by atoms with E-state index in [2.05, 4.69) is 17.6 Å². The Morgan fingerprint density at radius 2 is 2.39 bits per heavy atom. The summed E-state index contributed by atoms with van der Waals surface area (Å²) in [5, 5.41) is 0.814. The highest BCUT2D eigenvalue weighted by atomic mass is 32.1. The second-order valence-electron chi connectivity index (χ2n) is 4.62. The van der Waals surface area contributed by atoms with Crippen LogP contribution in [0, 0.1) is 12.8 Å². The highest BCUT2D eigenvalue weighted by Crippen LogP contribution is 2.33. The van der Waals surface area contributed by atoms with Crippen molar-refractivity contribution >= 4 is 32.6 Å². The molecule has 1 amide bonds. The molecule has 0 spiro atoms. The van der Waals surface area contributed by atoms with Gasteiger partial charge in [-0.1, -0.05) is 29.5 Å². The maximum atomic E-state index is 12.0. The number of carbonyl (C=O) groups excluding carboxylic acids is 1. The molecule has 2 aromatic rings. The quantitative estimate of drug-likeness (QED) is 0.775.